The van der Waals surface area contributed by atoms with Gasteiger partial charge in [0.25, 0.3) is 5.69 Å². The molecule has 0 aliphatic heterocycles. The van der Waals surface area contributed by atoms with Crippen molar-refractivity contribution in [3.8, 4) is 0 Å². The summed E-state index contributed by atoms with van der Waals surface area (Å²) in [5, 5.41) is 21.4. The molecule has 1 aromatic carbocycles. The maximum absolute atomic E-state index is 10.8. The van der Waals surface area contributed by atoms with Crippen LogP contribution in [0.3, 0.4) is 0 Å². The van der Waals surface area contributed by atoms with Crippen molar-refractivity contribution in [2.24, 2.45) is 4.99 Å². The van der Waals surface area contributed by atoms with Gasteiger partial charge in [-0.1, -0.05) is 19.1 Å². The summed E-state index contributed by atoms with van der Waals surface area (Å²) in [5.74, 6) is 1.07. The summed E-state index contributed by atoms with van der Waals surface area (Å²) in [6, 6.07) is 8.70. The molecule has 0 saturated carbocycles. The standard InChI is InChI=1S/C16H20N4O2S.HI/c1-12(14-6-7-23-11-14)9-18-16(17-2)19-10-13-4-3-5-15(8-13)20(21)22;/h3-8,11-12H,9-10H2,1-2H3,(H2,17,18,19);1H. The molecule has 1 unspecified atom stereocenters. The van der Waals surface area contributed by atoms with Crippen molar-refractivity contribution in [1.29, 1.82) is 0 Å². The molecule has 2 rings (SSSR count). The van der Waals surface area contributed by atoms with Gasteiger partial charge in [0, 0.05) is 32.3 Å². The van der Waals surface area contributed by atoms with Gasteiger partial charge in [0.1, 0.15) is 0 Å². The smallest absolute Gasteiger partial charge is 0.269 e. The highest BCUT2D eigenvalue weighted by Gasteiger charge is 2.08. The van der Waals surface area contributed by atoms with E-state index < -0.39 is 0 Å². The zero-order chi connectivity index (χ0) is 16.7. The van der Waals surface area contributed by atoms with Crippen LogP contribution in [0.4, 0.5) is 5.69 Å². The second-order valence-corrected chi connectivity index (χ2v) is 5.97. The van der Waals surface area contributed by atoms with Crippen molar-refractivity contribution in [3.05, 3.63) is 62.3 Å². The average molecular weight is 460 g/mol. The van der Waals surface area contributed by atoms with E-state index >= 15 is 0 Å². The largest absolute Gasteiger partial charge is 0.356 e. The van der Waals surface area contributed by atoms with Gasteiger partial charge in [-0.3, -0.25) is 15.1 Å². The van der Waals surface area contributed by atoms with E-state index in [2.05, 4.69) is 39.4 Å². The molecule has 0 aliphatic carbocycles. The average Bonchev–Trinajstić information content (AvgIpc) is 3.09. The first-order chi connectivity index (χ1) is 11.1. The first-order valence-corrected chi connectivity index (χ1v) is 8.24. The van der Waals surface area contributed by atoms with Gasteiger partial charge in [-0.05, 0) is 33.9 Å². The van der Waals surface area contributed by atoms with E-state index in [1.807, 2.05) is 6.07 Å². The molecule has 8 heteroatoms. The van der Waals surface area contributed by atoms with Crippen molar-refractivity contribution in [2.45, 2.75) is 19.4 Å². The summed E-state index contributed by atoms with van der Waals surface area (Å²) >= 11 is 1.69. The molecule has 6 nitrogen and oxygen atoms in total. The van der Waals surface area contributed by atoms with Crippen LogP contribution >= 0.6 is 35.3 Å². The lowest BCUT2D eigenvalue weighted by Crippen LogP contribution is -2.38. The fourth-order valence-corrected chi connectivity index (χ4v) is 2.89. The third-order valence-electron chi connectivity index (χ3n) is 3.49. The Morgan fingerprint density at radius 3 is 2.79 bits per heavy atom. The Labute approximate surface area is 162 Å². The van der Waals surface area contributed by atoms with Gasteiger partial charge in [-0.25, -0.2) is 0 Å². The Morgan fingerprint density at radius 1 is 1.38 bits per heavy atom. The number of benzene rings is 1. The molecule has 0 aliphatic rings. The van der Waals surface area contributed by atoms with E-state index in [0.717, 1.165) is 12.1 Å². The Bertz CT molecular complexity index is 676. The maximum Gasteiger partial charge on any atom is 0.269 e. The monoisotopic (exact) mass is 460 g/mol. The second kappa shape index (κ2) is 10.2. The Balaban J connectivity index is 0.00000288. The second-order valence-electron chi connectivity index (χ2n) is 5.19. The molecule has 0 saturated heterocycles. The minimum atomic E-state index is -0.390. The Kier molecular flexibility index (Phi) is 8.69. The van der Waals surface area contributed by atoms with E-state index in [9.17, 15) is 10.1 Å². The minimum Gasteiger partial charge on any atom is -0.356 e. The molecular weight excluding hydrogens is 439 g/mol. The molecule has 130 valence electrons. The Morgan fingerprint density at radius 2 is 2.17 bits per heavy atom. The normalized spacial score (nSPS) is 12.2. The first kappa shape index (κ1) is 20.4. The SMILES string of the molecule is CN=C(NCc1cccc([N+](=O)[O-])c1)NCC(C)c1ccsc1.I. The molecule has 2 N–H and O–H groups in total. The number of thiophene rings is 1. The minimum absolute atomic E-state index is 0. The summed E-state index contributed by atoms with van der Waals surface area (Å²) < 4.78 is 0. The summed E-state index contributed by atoms with van der Waals surface area (Å²) in [7, 11) is 1.71. The van der Waals surface area contributed by atoms with Crippen molar-refractivity contribution < 1.29 is 4.92 Å². The number of non-ortho nitro benzene ring substituents is 1. The highest BCUT2D eigenvalue weighted by atomic mass is 127. The van der Waals surface area contributed by atoms with Gasteiger partial charge in [0.2, 0.25) is 0 Å². The van der Waals surface area contributed by atoms with Crippen LogP contribution in [0.1, 0.15) is 24.0 Å². The lowest BCUT2D eigenvalue weighted by molar-refractivity contribution is -0.384. The molecule has 0 radical (unpaired) electrons. The van der Waals surface area contributed by atoms with Crippen LogP contribution in [0, 0.1) is 10.1 Å². The lowest BCUT2D eigenvalue weighted by Gasteiger charge is -2.15. The van der Waals surface area contributed by atoms with E-state index in [0.29, 0.717) is 18.4 Å². The van der Waals surface area contributed by atoms with Gasteiger partial charge in [-0.15, -0.1) is 24.0 Å². The fraction of sp³-hybridized carbons (Fsp3) is 0.312. The van der Waals surface area contributed by atoms with Gasteiger partial charge < -0.3 is 10.6 Å². The number of nitro groups is 1. The molecule has 1 heterocycles. The van der Waals surface area contributed by atoms with Crippen LogP contribution in [-0.2, 0) is 6.54 Å². The number of rotatable bonds is 6. The molecule has 1 atom stereocenters. The lowest BCUT2D eigenvalue weighted by atomic mass is 10.1. The van der Waals surface area contributed by atoms with Gasteiger partial charge >= 0.3 is 0 Å². The van der Waals surface area contributed by atoms with Crippen LogP contribution in [-0.4, -0.2) is 24.5 Å². The number of aliphatic imine (C=N–C) groups is 1. The van der Waals surface area contributed by atoms with Crippen LogP contribution in [0.15, 0.2) is 46.1 Å². The van der Waals surface area contributed by atoms with Crippen LogP contribution in [0.5, 0.6) is 0 Å². The number of halogens is 1. The van der Waals surface area contributed by atoms with Crippen molar-refractivity contribution in [3.63, 3.8) is 0 Å². The van der Waals surface area contributed by atoms with Gasteiger partial charge in [0.15, 0.2) is 5.96 Å². The summed E-state index contributed by atoms with van der Waals surface area (Å²) in [4.78, 5) is 14.6. The topological polar surface area (TPSA) is 79.6 Å². The van der Waals surface area contributed by atoms with E-state index in [-0.39, 0.29) is 34.6 Å². The number of nitrogens with one attached hydrogen (secondary N) is 2. The van der Waals surface area contributed by atoms with Crippen molar-refractivity contribution in [2.75, 3.05) is 13.6 Å². The van der Waals surface area contributed by atoms with Crippen molar-refractivity contribution >= 4 is 47.0 Å². The van der Waals surface area contributed by atoms with Crippen molar-refractivity contribution in [1.82, 2.24) is 10.6 Å². The van der Waals surface area contributed by atoms with Gasteiger partial charge in [-0.2, -0.15) is 11.3 Å². The van der Waals surface area contributed by atoms with Crippen LogP contribution < -0.4 is 10.6 Å². The molecule has 0 fully saturated rings. The number of nitro benzene ring substituents is 1. The molecule has 2 aromatic rings. The molecule has 0 spiro atoms. The van der Waals surface area contributed by atoms with E-state index in [1.165, 1.54) is 11.6 Å². The first-order valence-electron chi connectivity index (χ1n) is 7.30. The van der Waals surface area contributed by atoms with Gasteiger partial charge in [0.05, 0.1) is 4.92 Å². The predicted molar refractivity (Wildman–Crippen MR) is 109 cm³/mol. The molecule has 0 amide bonds. The predicted octanol–water partition coefficient (Wildman–Crippen LogP) is 3.74. The number of hydrogen-bond donors (Lipinski definition) is 2. The number of guanidine groups is 1. The third kappa shape index (κ3) is 6.08. The molecule has 1 aromatic heterocycles. The molecule has 0 bridgehead atoms. The van der Waals surface area contributed by atoms with E-state index in [4.69, 9.17) is 0 Å². The van der Waals surface area contributed by atoms with Crippen LogP contribution in [0.2, 0.25) is 0 Å². The highest BCUT2D eigenvalue weighted by Crippen LogP contribution is 2.17. The zero-order valence-electron chi connectivity index (χ0n) is 13.6. The highest BCUT2D eigenvalue weighted by molar-refractivity contribution is 14.0. The zero-order valence-corrected chi connectivity index (χ0v) is 16.7. The fourth-order valence-electron chi connectivity index (χ4n) is 2.11. The number of hydrogen-bond acceptors (Lipinski definition) is 4. The summed E-state index contributed by atoms with van der Waals surface area (Å²) in [5.41, 5.74) is 2.24. The Hall–Kier alpha value is -1.68. The quantitative estimate of drug-likeness (QED) is 0.226. The third-order valence-corrected chi connectivity index (χ3v) is 4.19. The molecule has 24 heavy (non-hydrogen) atoms. The maximum atomic E-state index is 10.8. The summed E-state index contributed by atoms with van der Waals surface area (Å²) in [6.45, 7) is 3.41. The number of nitrogens with zero attached hydrogens (tertiary/aromatic N) is 2. The van der Waals surface area contributed by atoms with E-state index in [1.54, 1.807) is 30.5 Å². The van der Waals surface area contributed by atoms with Crippen LogP contribution in [0.25, 0.3) is 0 Å². The summed E-state index contributed by atoms with van der Waals surface area (Å²) in [6.07, 6.45) is 0. The molecular formula is C16H21IN4O2S.